The maximum atomic E-state index is 12.5. The third-order valence-corrected chi connectivity index (χ3v) is 6.59. The lowest BCUT2D eigenvalue weighted by molar-refractivity contribution is -0.115. The van der Waals surface area contributed by atoms with Crippen molar-refractivity contribution in [2.24, 2.45) is 0 Å². The number of benzene rings is 1. The fourth-order valence-electron chi connectivity index (χ4n) is 2.31. The van der Waals surface area contributed by atoms with Crippen molar-refractivity contribution in [3.8, 4) is 0 Å². The number of carbonyl (C=O) groups excluding carboxylic acids is 2. The number of amides is 1. The smallest absolute Gasteiger partial charge is 0.254 e. The molecule has 1 aliphatic rings. The normalized spacial score (nSPS) is 19.3. The van der Waals surface area contributed by atoms with Gasteiger partial charge in [-0.15, -0.1) is 11.3 Å². The van der Waals surface area contributed by atoms with Gasteiger partial charge >= 0.3 is 0 Å². The van der Waals surface area contributed by atoms with Gasteiger partial charge in [-0.05, 0) is 29.6 Å². The number of halogens is 1. The van der Waals surface area contributed by atoms with E-state index in [1.807, 2.05) is 0 Å². The van der Waals surface area contributed by atoms with E-state index in [4.69, 9.17) is 11.6 Å². The standard InChI is InChI=1S/C14H11ClN2O4S2/c1-17-10-5-6-22-12(10)11(18)13(23(17,20)21)14(19)16-9-4-2-3-8(15)7-9/h2-7,13H,1H3,(H,16,19). The van der Waals surface area contributed by atoms with Crippen LogP contribution in [-0.4, -0.2) is 32.4 Å². The number of carbonyl (C=O) groups is 2. The van der Waals surface area contributed by atoms with Crippen molar-refractivity contribution in [2.45, 2.75) is 5.25 Å². The Morgan fingerprint density at radius 1 is 1.35 bits per heavy atom. The molecular formula is C14H11ClN2O4S2. The molecule has 1 aromatic carbocycles. The fraction of sp³-hybridized carbons (Fsp3) is 0.143. The maximum Gasteiger partial charge on any atom is 0.254 e. The molecule has 1 aliphatic heterocycles. The van der Waals surface area contributed by atoms with E-state index in [9.17, 15) is 18.0 Å². The zero-order chi connectivity index (χ0) is 16.8. The largest absolute Gasteiger partial charge is 0.324 e. The van der Waals surface area contributed by atoms with Crippen LogP contribution in [0, 0.1) is 0 Å². The molecule has 1 atom stereocenters. The quantitative estimate of drug-likeness (QED) is 0.822. The number of thiophene rings is 1. The van der Waals surface area contributed by atoms with Crippen LogP contribution in [0.4, 0.5) is 11.4 Å². The van der Waals surface area contributed by atoms with E-state index in [0.29, 0.717) is 16.4 Å². The summed E-state index contributed by atoms with van der Waals surface area (Å²) in [5.74, 6) is -1.62. The van der Waals surface area contributed by atoms with Crippen LogP contribution < -0.4 is 9.62 Å². The zero-order valence-corrected chi connectivity index (χ0v) is 14.2. The van der Waals surface area contributed by atoms with Crippen LogP contribution in [0.15, 0.2) is 35.7 Å². The van der Waals surface area contributed by atoms with Crippen molar-refractivity contribution in [3.63, 3.8) is 0 Å². The second-order valence-electron chi connectivity index (χ2n) is 4.89. The van der Waals surface area contributed by atoms with E-state index in [0.717, 1.165) is 15.6 Å². The Bertz CT molecular complexity index is 907. The Labute approximate surface area is 141 Å². The molecule has 23 heavy (non-hydrogen) atoms. The summed E-state index contributed by atoms with van der Waals surface area (Å²) in [5.41, 5.74) is 0.622. The van der Waals surface area contributed by atoms with E-state index in [2.05, 4.69) is 5.32 Å². The second kappa shape index (κ2) is 5.63. The van der Waals surface area contributed by atoms with Gasteiger partial charge in [0.1, 0.15) is 0 Å². The van der Waals surface area contributed by atoms with Crippen LogP contribution >= 0.6 is 22.9 Å². The maximum absolute atomic E-state index is 12.5. The average molecular weight is 371 g/mol. The molecule has 2 aromatic rings. The summed E-state index contributed by atoms with van der Waals surface area (Å²) in [7, 11) is -2.79. The van der Waals surface area contributed by atoms with Gasteiger partial charge in [-0.2, -0.15) is 0 Å². The van der Waals surface area contributed by atoms with Gasteiger partial charge in [0, 0.05) is 17.8 Å². The lowest BCUT2D eigenvalue weighted by Gasteiger charge is -2.29. The van der Waals surface area contributed by atoms with Crippen molar-refractivity contribution in [3.05, 3.63) is 45.6 Å². The first kappa shape index (κ1) is 16.0. The highest BCUT2D eigenvalue weighted by Gasteiger charge is 2.48. The van der Waals surface area contributed by atoms with Crippen molar-refractivity contribution >= 4 is 56.0 Å². The molecule has 0 aliphatic carbocycles. The van der Waals surface area contributed by atoms with Gasteiger partial charge in [0.15, 0.2) is 0 Å². The van der Waals surface area contributed by atoms with E-state index in [1.165, 1.54) is 13.1 Å². The Hall–Kier alpha value is -1.90. The van der Waals surface area contributed by atoms with Gasteiger partial charge in [0.25, 0.3) is 15.9 Å². The summed E-state index contributed by atoms with van der Waals surface area (Å²) < 4.78 is 26.0. The molecule has 3 rings (SSSR count). The molecule has 0 fully saturated rings. The molecule has 6 nitrogen and oxygen atoms in total. The number of nitrogens with one attached hydrogen (secondary N) is 1. The Morgan fingerprint density at radius 2 is 2.09 bits per heavy atom. The average Bonchev–Trinajstić information content (AvgIpc) is 2.94. The van der Waals surface area contributed by atoms with Crippen LogP contribution in [0.25, 0.3) is 0 Å². The third kappa shape index (κ3) is 2.62. The summed E-state index contributed by atoms with van der Waals surface area (Å²) >= 11 is 6.94. The molecule has 2 heterocycles. The van der Waals surface area contributed by atoms with Gasteiger partial charge in [-0.3, -0.25) is 13.9 Å². The number of nitrogens with zero attached hydrogens (tertiary/aromatic N) is 1. The molecule has 1 aromatic heterocycles. The summed E-state index contributed by atoms with van der Waals surface area (Å²) in [4.78, 5) is 25.1. The van der Waals surface area contributed by atoms with E-state index in [-0.39, 0.29) is 4.88 Å². The minimum Gasteiger partial charge on any atom is -0.324 e. The number of sulfonamides is 1. The first-order valence-corrected chi connectivity index (χ1v) is 9.24. The molecule has 0 bridgehead atoms. The zero-order valence-electron chi connectivity index (χ0n) is 11.8. The highest BCUT2D eigenvalue weighted by atomic mass is 35.5. The lowest BCUT2D eigenvalue weighted by atomic mass is 10.2. The van der Waals surface area contributed by atoms with E-state index < -0.39 is 27.0 Å². The van der Waals surface area contributed by atoms with Crippen LogP contribution in [0.1, 0.15) is 9.67 Å². The van der Waals surface area contributed by atoms with Crippen molar-refractivity contribution in [1.82, 2.24) is 0 Å². The fourth-order valence-corrected chi connectivity index (χ4v) is 4.99. The molecule has 1 N–H and O–H groups in total. The number of ketones is 1. The summed E-state index contributed by atoms with van der Waals surface area (Å²) in [5, 5.41) is 2.63. The summed E-state index contributed by atoms with van der Waals surface area (Å²) in [6.45, 7) is 0. The highest BCUT2D eigenvalue weighted by molar-refractivity contribution is 7.95. The van der Waals surface area contributed by atoms with Gasteiger partial charge in [-0.25, -0.2) is 8.42 Å². The molecule has 0 saturated heterocycles. The number of fused-ring (bicyclic) bond motifs is 1. The first-order valence-electron chi connectivity index (χ1n) is 6.48. The Morgan fingerprint density at radius 3 is 2.78 bits per heavy atom. The van der Waals surface area contributed by atoms with Crippen LogP contribution in [0.5, 0.6) is 0 Å². The predicted molar refractivity (Wildman–Crippen MR) is 89.8 cm³/mol. The number of anilines is 2. The van der Waals surface area contributed by atoms with E-state index >= 15 is 0 Å². The number of Topliss-reactive ketones (excluding diaryl/α,β-unsaturated/α-hetero) is 1. The van der Waals surface area contributed by atoms with Crippen LogP contribution in [0.3, 0.4) is 0 Å². The first-order chi connectivity index (χ1) is 10.8. The minimum atomic E-state index is -4.12. The third-order valence-electron chi connectivity index (χ3n) is 3.46. The van der Waals surface area contributed by atoms with Gasteiger partial charge in [0.2, 0.25) is 11.0 Å². The molecule has 1 amide bonds. The number of rotatable bonds is 2. The second-order valence-corrected chi connectivity index (χ2v) is 8.29. The Kier molecular flexibility index (Phi) is 3.91. The molecular weight excluding hydrogens is 360 g/mol. The highest BCUT2D eigenvalue weighted by Crippen LogP contribution is 2.35. The van der Waals surface area contributed by atoms with Crippen LogP contribution in [0.2, 0.25) is 5.02 Å². The number of hydrogen-bond acceptors (Lipinski definition) is 5. The molecule has 0 radical (unpaired) electrons. The summed E-state index contributed by atoms with van der Waals surface area (Å²) in [6.07, 6.45) is 0. The van der Waals surface area contributed by atoms with E-state index in [1.54, 1.807) is 29.6 Å². The van der Waals surface area contributed by atoms with Crippen molar-refractivity contribution in [1.29, 1.82) is 0 Å². The van der Waals surface area contributed by atoms with Gasteiger partial charge in [-0.1, -0.05) is 17.7 Å². The topological polar surface area (TPSA) is 83.6 Å². The SMILES string of the molecule is CN1c2ccsc2C(=O)C(C(=O)Nc2cccc(Cl)c2)S1(=O)=O. The van der Waals surface area contributed by atoms with Crippen LogP contribution in [-0.2, 0) is 14.8 Å². The summed E-state index contributed by atoms with van der Waals surface area (Å²) in [6, 6.07) is 7.80. The molecule has 120 valence electrons. The lowest BCUT2D eigenvalue weighted by Crippen LogP contribution is -2.51. The predicted octanol–water partition coefficient (Wildman–Crippen LogP) is 2.37. The van der Waals surface area contributed by atoms with Crippen molar-refractivity contribution in [2.75, 3.05) is 16.7 Å². The molecule has 1 unspecified atom stereocenters. The van der Waals surface area contributed by atoms with Crippen molar-refractivity contribution < 1.29 is 18.0 Å². The molecule has 0 saturated carbocycles. The minimum absolute atomic E-state index is 0.258. The monoisotopic (exact) mass is 370 g/mol. The molecule has 0 spiro atoms. The Balaban J connectivity index is 1.98. The number of hydrogen-bond donors (Lipinski definition) is 1. The van der Waals surface area contributed by atoms with Gasteiger partial charge in [0.05, 0.1) is 10.6 Å². The van der Waals surface area contributed by atoms with Gasteiger partial charge < -0.3 is 5.32 Å². The molecule has 9 heteroatoms.